The van der Waals surface area contributed by atoms with E-state index >= 15 is 0 Å². The van der Waals surface area contributed by atoms with Crippen molar-refractivity contribution in [1.82, 2.24) is 4.90 Å². The van der Waals surface area contributed by atoms with Crippen LogP contribution in [0.2, 0.25) is 0 Å². The molecule has 194 valence electrons. The Morgan fingerprint density at radius 1 is 0.941 bits per heavy atom. The highest BCUT2D eigenvalue weighted by Gasteiger charge is 2.10. The summed E-state index contributed by atoms with van der Waals surface area (Å²) in [6.07, 6.45) is 9.90. The number of carbonyl (C=O) groups is 2. The average Bonchev–Trinajstić information content (AvgIpc) is 2.76. The highest BCUT2D eigenvalue weighted by Crippen LogP contribution is 2.21. The molecular weight excluding hydrogens is 460 g/mol. The van der Waals surface area contributed by atoms with Crippen LogP contribution >= 0.6 is 0 Å². The smallest absolute Gasteiger partial charge is 0.328 e. The molecule has 1 aromatic carbocycles. The SMILES string of the molecule is CCCCCCCN(CC)CCCC(O)c1ccc(NS(C)(=O)=O)cc1.O=C(O)/C=C/C(=O)O. The number of carboxylic acids is 2. The number of unbranched alkanes of at least 4 members (excludes halogenated alkanes) is 4. The van der Waals surface area contributed by atoms with Crippen molar-refractivity contribution in [1.29, 1.82) is 0 Å². The van der Waals surface area contributed by atoms with Crippen molar-refractivity contribution in [3.05, 3.63) is 42.0 Å². The zero-order valence-electron chi connectivity index (χ0n) is 20.4. The second-order valence-electron chi connectivity index (χ2n) is 8.01. The molecule has 0 aromatic heterocycles. The van der Waals surface area contributed by atoms with E-state index in [9.17, 15) is 23.1 Å². The van der Waals surface area contributed by atoms with Crippen LogP contribution in [0, 0.1) is 0 Å². The summed E-state index contributed by atoms with van der Waals surface area (Å²) in [7, 11) is -3.27. The number of benzene rings is 1. The van der Waals surface area contributed by atoms with Crippen molar-refractivity contribution in [3.63, 3.8) is 0 Å². The Balaban J connectivity index is 0.00000116. The molecule has 1 rings (SSSR count). The van der Waals surface area contributed by atoms with Crippen LogP contribution in [0.3, 0.4) is 0 Å². The normalized spacial score (nSPS) is 12.3. The predicted octanol–water partition coefficient (Wildman–Crippen LogP) is 3.88. The molecule has 0 bridgehead atoms. The molecule has 0 aliphatic carbocycles. The number of sulfonamides is 1. The first kappa shape index (κ1) is 31.6. The number of hydrogen-bond donors (Lipinski definition) is 4. The summed E-state index contributed by atoms with van der Waals surface area (Å²) in [5, 5.41) is 26.0. The second-order valence-corrected chi connectivity index (χ2v) is 9.76. The van der Waals surface area contributed by atoms with E-state index in [-0.39, 0.29) is 0 Å². The third kappa shape index (κ3) is 18.0. The van der Waals surface area contributed by atoms with Crippen molar-refractivity contribution in [2.45, 2.75) is 64.9 Å². The maximum Gasteiger partial charge on any atom is 0.328 e. The molecule has 1 unspecified atom stereocenters. The number of rotatable bonds is 16. The minimum Gasteiger partial charge on any atom is -0.478 e. The van der Waals surface area contributed by atoms with Gasteiger partial charge >= 0.3 is 11.9 Å². The Hall–Kier alpha value is -2.43. The van der Waals surface area contributed by atoms with Gasteiger partial charge in [0.25, 0.3) is 0 Å². The Kier molecular flexibility index (Phi) is 16.7. The zero-order chi connectivity index (χ0) is 26.0. The molecule has 1 atom stereocenters. The average molecular weight is 501 g/mol. The van der Waals surface area contributed by atoms with Crippen LogP contribution in [0.1, 0.15) is 70.5 Å². The number of nitrogens with zero attached hydrogens (tertiary/aromatic N) is 1. The van der Waals surface area contributed by atoms with Gasteiger partial charge in [-0.3, -0.25) is 4.72 Å². The lowest BCUT2D eigenvalue weighted by Gasteiger charge is -2.21. The Morgan fingerprint density at radius 2 is 1.47 bits per heavy atom. The van der Waals surface area contributed by atoms with Crippen molar-refractivity contribution in [3.8, 4) is 0 Å². The minimum atomic E-state index is -3.27. The topological polar surface area (TPSA) is 144 Å². The van der Waals surface area contributed by atoms with Crippen LogP contribution < -0.4 is 4.72 Å². The highest BCUT2D eigenvalue weighted by atomic mass is 32.2. The summed E-state index contributed by atoms with van der Waals surface area (Å²) in [5.74, 6) is -2.51. The Morgan fingerprint density at radius 3 is 1.94 bits per heavy atom. The summed E-state index contributed by atoms with van der Waals surface area (Å²) in [5.41, 5.74) is 1.34. The van der Waals surface area contributed by atoms with Gasteiger partial charge in [0.2, 0.25) is 10.0 Å². The largest absolute Gasteiger partial charge is 0.478 e. The standard InChI is InChI=1S/C20H36N2O3S.C4H4O4/c1-4-6-7-8-9-16-22(5-2)17-10-11-20(23)18-12-14-19(15-13-18)21-26(3,24)25;5-3(6)1-2-4(7)8/h12-15,20-21,23H,4-11,16-17H2,1-3H3;1-2H,(H,5,6)(H,7,8)/b;2-1+. The number of nitrogens with one attached hydrogen (secondary N) is 1. The van der Waals surface area contributed by atoms with Gasteiger partial charge in [-0.1, -0.05) is 51.7 Å². The number of aliphatic hydroxyl groups excluding tert-OH is 1. The summed E-state index contributed by atoms with van der Waals surface area (Å²) in [4.78, 5) is 21.6. The van der Waals surface area contributed by atoms with Gasteiger partial charge in [0.15, 0.2) is 0 Å². The van der Waals surface area contributed by atoms with Crippen LogP contribution in [-0.4, -0.2) is 66.5 Å². The molecule has 0 aliphatic rings. The van der Waals surface area contributed by atoms with Crippen LogP contribution in [0.5, 0.6) is 0 Å². The van der Waals surface area contributed by atoms with Gasteiger partial charge in [0, 0.05) is 17.8 Å². The zero-order valence-corrected chi connectivity index (χ0v) is 21.3. The van der Waals surface area contributed by atoms with Gasteiger partial charge < -0.3 is 20.2 Å². The molecule has 0 amide bonds. The van der Waals surface area contributed by atoms with E-state index in [2.05, 4.69) is 23.5 Å². The van der Waals surface area contributed by atoms with Gasteiger partial charge in [0.1, 0.15) is 0 Å². The quantitative estimate of drug-likeness (QED) is 0.198. The first-order valence-electron chi connectivity index (χ1n) is 11.6. The maximum atomic E-state index is 11.2. The number of aliphatic carboxylic acids is 2. The van der Waals surface area contributed by atoms with Crippen molar-refractivity contribution in [2.24, 2.45) is 0 Å². The lowest BCUT2D eigenvalue weighted by Crippen LogP contribution is -2.26. The van der Waals surface area contributed by atoms with E-state index in [0.29, 0.717) is 24.3 Å². The second kappa shape index (κ2) is 18.0. The van der Waals surface area contributed by atoms with Crippen LogP contribution in [0.15, 0.2) is 36.4 Å². The van der Waals surface area contributed by atoms with E-state index in [1.165, 1.54) is 32.1 Å². The Bertz CT molecular complexity index is 823. The number of anilines is 1. The third-order valence-electron chi connectivity index (χ3n) is 4.94. The summed E-state index contributed by atoms with van der Waals surface area (Å²) in [6.45, 7) is 7.63. The summed E-state index contributed by atoms with van der Waals surface area (Å²) in [6, 6.07) is 6.94. The lowest BCUT2D eigenvalue weighted by atomic mass is 10.0. The molecule has 0 heterocycles. The fourth-order valence-electron chi connectivity index (χ4n) is 3.17. The van der Waals surface area contributed by atoms with Crippen LogP contribution in [0.4, 0.5) is 5.69 Å². The molecule has 0 fully saturated rings. The predicted molar refractivity (Wildman–Crippen MR) is 134 cm³/mol. The molecule has 0 saturated carbocycles. The van der Waals surface area contributed by atoms with E-state index in [4.69, 9.17) is 10.2 Å². The lowest BCUT2D eigenvalue weighted by molar-refractivity contribution is -0.134. The van der Waals surface area contributed by atoms with E-state index in [0.717, 1.165) is 37.9 Å². The molecule has 9 nitrogen and oxygen atoms in total. The monoisotopic (exact) mass is 500 g/mol. The van der Waals surface area contributed by atoms with E-state index in [1.807, 2.05) is 0 Å². The first-order chi connectivity index (χ1) is 16.0. The van der Waals surface area contributed by atoms with Crippen molar-refractivity contribution < 1.29 is 33.3 Å². The Labute approximate surface area is 203 Å². The molecule has 0 saturated heterocycles. The fourth-order valence-corrected chi connectivity index (χ4v) is 3.74. The molecule has 4 N–H and O–H groups in total. The van der Waals surface area contributed by atoms with Gasteiger partial charge in [-0.15, -0.1) is 0 Å². The molecule has 1 aromatic rings. The maximum absolute atomic E-state index is 11.2. The van der Waals surface area contributed by atoms with Crippen LogP contribution in [0.25, 0.3) is 0 Å². The summed E-state index contributed by atoms with van der Waals surface area (Å²) >= 11 is 0. The fraction of sp³-hybridized carbons (Fsp3) is 0.583. The summed E-state index contributed by atoms with van der Waals surface area (Å²) < 4.78 is 24.9. The first-order valence-corrected chi connectivity index (χ1v) is 13.5. The van der Waals surface area contributed by atoms with Gasteiger partial charge in [-0.25, -0.2) is 18.0 Å². The number of hydrogen-bond acceptors (Lipinski definition) is 6. The molecule has 10 heteroatoms. The number of carboxylic acid groups (broad SMARTS) is 2. The van der Waals surface area contributed by atoms with Gasteiger partial charge in [0.05, 0.1) is 12.4 Å². The van der Waals surface area contributed by atoms with Crippen molar-refractivity contribution >= 4 is 27.6 Å². The molecule has 0 spiro atoms. The van der Waals surface area contributed by atoms with E-state index < -0.39 is 28.1 Å². The molecule has 34 heavy (non-hydrogen) atoms. The molecular formula is C24H40N2O7S. The van der Waals surface area contributed by atoms with Gasteiger partial charge in [-0.2, -0.15) is 0 Å². The van der Waals surface area contributed by atoms with Gasteiger partial charge in [-0.05, 0) is 56.6 Å². The molecule has 0 aliphatic heterocycles. The number of aliphatic hydroxyl groups is 1. The van der Waals surface area contributed by atoms with E-state index in [1.54, 1.807) is 24.3 Å². The molecule has 0 radical (unpaired) electrons. The minimum absolute atomic E-state index is 0.509. The van der Waals surface area contributed by atoms with Crippen LogP contribution in [-0.2, 0) is 19.6 Å². The van der Waals surface area contributed by atoms with Crippen molar-refractivity contribution in [2.75, 3.05) is 30.6 Å². The third-order valence-corrected chi connectivity index (χ3v) is 5.55. The highest BCUT2D eigenvalue weighted by molar-refractivity contribution is 7.92.